The first-order valence-corrected chi connectivity index (χ1v) is 6.92. The van der Waals surface area contributed by atoms with E-state index in [-0.39, 0.29) is 0 Å². The summed E-state index contributed by atoms with van der Waals surface area (Å²) in [5, 5.41) is 4.58. The molecule has 3 aromatic rings. The molecule has 0 spiro atoms. The van der Waals surface area contributed by atoms with Crippen molar-refractivity contribution in [2.45, 2.75) is 6.54 Å². The SMILES string of the molecule is CN(C)c1ncc(CNc2ccc3ncccc3c2)n1C. The second-order valence-corrected chi connectivity index (χ2v) is 5.27. The highest BCUT2D eigenvalue weighted by Gasteiger charge is 2.07. The van der Waals surface area contributed by atoms with E-state index in [0.717, 1.165) is 34.8 Å². The minimum atomic E-state index is 0.739. The number of pyridine rings is 1. The molecule has 3 rings (SSSR count). The van der Waals surface area contributed by atoms with Crippen molar-refractivity contribution < 1.29 is 0 Å². The summed E-state index contributed by atoms with van der Waals surface area (Å²) in [7, 11) is 6.02. The Labute approximate surface area is 124 Å². The highest BCUT2D eigenvalue weighted by atomic mass is 15.3. The number of hydrogen-bond acceptors (Lipinski definition) is 4. The molecule has 0 aliphatic rings. The number of benzene rings is 1. The van der Waals surface area contributed by atoms with Crippen LogP contribution in [0, 0.1) is 0 Å². The van der Waals surface area contributed by atoms with Crippen molar-refractivity contribution in [2.24, 2.45) is 7.05 Å². The van der Waals surface area contributed by atoms with E-state index in [9.17, 15) is 0 Å². The van der Waals surface area contributed by atoms with Gasteiger partial charge in [-0.05, 0) is 24.3 Å². The molecule has 108 valence electrons. The Kier molecular flexibility index (Phi) is 3.48. The van der Waals surface area contributed by atoms with E-state index in [1.165, 1.54) is 0 Å². The summed E-state index contributed by atoms with van der Waals surface area (Å²) in [5.74, 6) is 0.953. The fraction of sp³-hybridized carbons (Fsp3) is 0.250. The average molecular weight is 281 g/mol. The fourth-order valence-corrected chi connectivity index (χ4v) is 2.39. The van der Waals surface area contributed by atoms with E-state index < -0.39 is 0 Å². The van der Waals surface area contributed by atoms with E-state index in [1.54, 1.807) is 0 Å². The molecule has 2 aromatic heterocycles. The lowest BCUT2D eigenvalue weighted by Gasteiger charge is -2.13. The summed E-state index contributed by atoms with van der Waals surface area (Å²) in [4.78, 5) is 10.8. The zero-order chi connectivity index (χ0) is 14.8. The van der Waals surface area contributed by atoms with Crippen LogP contribution in [-0.4, -0.2) is 28.6 Å². The van der Waals surface area contributed by atoms with Gasteiger partial charge in [0, 0.05) is 38.4 Å². The zero-order valence-electron chi connectivity index (χ0n) is 12.5. The van der Waals surface area contributed by atoms with Crippen LogP contribution < -0.4 is 10.2 Å². The lowest BCUT2D eigenvalue weighted by Crippen LogP contribution is -2.15. The van der Waals surface area contributed by atoms with Crippen molar-refractivity contribution >= 4 is 22.5 Å². The van der Waals surface area contributed by atoms with Crippen molar-refractivity contribution in [1.29, 1.82) is 0 Å². The van der Waals surface area contributed by atoms with Crippen molar-refractivity contribution in [1.82, 2.24) is 14.5 Å². The summed E-state index contributed by atoms with van der Waals surface area (Å²) in [5.41, 5.74) is 3.24. The molecule has 0 atom stereocenters. The number of nitrogens with one attached hydrogen (secondary N) is 1. The number of hydrogen-bond donors (Lipinski definition) is 1. The second kappa shape index (κ2) is 5.44. The Bertz CT molecular complexity index is 760. The molecule has 0 aliphatic heterocycles. The van der Waals surface area contributed by atoms with Crippen LogP contribution in [0.1, 0.15) is 5.69 Å². The van der Waals surface area contributed by atoms with Gasteiger partial charge in [-0.2, -0.15) is 0 Å². The number of anilines is 2. The van der Waals surface area contributed by atoms with E-state index in [2.05, 4.69) is 38.1 Å². The standard InChI is InChI=1S/C16H19N5/c1-20(2)16-19-11-14(21(16)3)10-18-13-6-7-15-12(9-13)5-4-8-17-15/h4-9,11,18H,10H2,1-3H3. The van der Waals surface area contributed by atoms with Gasteiger partial charge in [0.1, 0.15) is 0 Å². The van der Waals surface area contributed by atoms with Gasteiger partial charge in [-0.15, -0.1) is 0 Å². The first-order valence-electron chi connectivity index (χ1n) is 6.92. The topological polar surface area (TPSA) is 46.0 Å². The maximum Gasteiger partial charge on any atom is 0.204 e. The molecule has 2 heterocycles. The summed E-state index contributed by atoms with van der Waals surface area (Å²) in [6, 6.07) is 10.2. The van der Waals surface area contributed by atoms with Crippen molar-refractivity contribution in [3.8, 4) is 0 Å². The Balaban J connectivity index is 1.77. The molecule has 0 radical (unpaired) electrons. The van der Waals surface area contributed by atoms with Crippen LogP contribution in [0.5, 0.6) is 0 Å². The van der Waals surface area contributed by atoms with Gasteiger partial charge in [-0.1, -0.05) is 6.07 Å². The molecule has 0 saturated heterocycles. The largest absolute Gasteiger partial charge is 0.379 e. The third-order valence-corrected chi connectivity index (χ3v) is 3.54. The quantitative estimate of drug-likeness (QED) is 0.798. The highest BCUT2D eigenvalue weighted by molar-refractivity contribution is 5.82. The molecule has 0 unspecified atom stereocenters. The summed E-state index contributed by atoms with van der Waals surface area (Å²) < 4.78 is 2.09. The molecular weight excluding hydrogens is 262 g/mol. The van der Waals surface area contributed by atoms with Crippen molar-refractivity contribution in [3.63, 3.8) is 0 Å². The minimum absolute atomic E-state index is 0.739. The van der Waals surface area contributed by atoms with Crippen molar-refractivity contribution in [3.05, 3.63) is 48.4 Å². The lowest BCUT2D eigenvalue weighted by atomic mass is 10.2. The monoisotopic (exact) mass is 281 g/mol. The molecule has 21 heavy (non-hydrogen) atoms. The molecule has 5 nitrogen and oxygen atoms in total. The van der Waals surface area contributed by atoms with Crippen LogP contribution in [0.25, 0.3) is 10.9 Å². The molecule has 0 amide bonds. The first kappa shape index (κ1) is 13.4. The Morgan fingerprint density at radius 1 is 1.19 bits per heavy atom. The Morgan fingerprint density at radius 3 is 2.81 bits per heavy atom. The van der Waals surface area contributed by atoms with E-state index in [1.807, 2.05) is 50.6 Å². The summed E-state index contributed by atoms with van der Waals surface area (Å²) in [6.07, 6.45) is 3.72. The maximum atomic E-state index is 4.42. The third-order valence-electron chi connectivity index (χ3n) is 3.54. The van der Waals surface area contributed by atoms with Crippen LogP contribution in [0.15, 0.2) is 42.7 Å². The van der Waals surface area contributed by atoms with Gasteiger partial charge >= 0.3 is 0 Å². The number of aromatic nitrogens is 3. The van der Waals surface area contributed by atoms with Gasteiger partial charge in [0.2, 0.25) is 5.95 Å². The molecule has 0 aliphatic carbocycles. The minimum Gasteiger partial charge on any atom is -0.379 e. The summed E-state index contributed by atoms with van der Waals surface area (Å²) >= 11 is 0. The molecule has 5 heteroatoms. The smallest absolute Gasteiger partial charge is 0.204 e. The lowest BCUT2D eigenvalue weighted by molar-refractivity contribution is 0.814. The van der Waals surface area contributed by atoms with Crippen LogP contribution >= 0.6 is 0 Å². The molecular formula is C16H19N5. The number of rotatable bonds is 4. The predicted molar refractivity (Wildman–Crippen MR) is 86.6 cm³/mol. The van der Waals surface area contributed by atoms with E-state index in [0.29, 0.717) is 0 Å². The highest BCUT2D eigenvalue weighted by Crippen LogP contribution is 2.18. The number of fused-ring (bicyclic) bond motifs is 1. The molecule has 0 bridgehead atoms. The van der Waals surface area contributed by atoms with Gasteiger partial charge < -0.3 is 14.8 Å². The predicted octanol–water partition coefficient (Wildman–Crippen LogP) is 2.65. The molecule has 1 N–H and O–H groups in total. The normalized spacial score (nSPS) is 10.8. The average Bonchev–Trinajstić information content (AvgIpc) is 2.86. The van der Waals surface area contributed by atoms with Gasteiger partial charge in [-0.3, -0.25) is 4.98 Å². The second-order valence-electron chi connectivity index (χ2n) is 5.27. The van der Waals surface area contributed by atoms with Crippen LogP contribution in [0.3, 0.4) is 0 Å². The number of imidazole rings is 1. The zero-order valence-corrected chi connectivity index (χ0v) is 12.5. The Morgan fingerprint density at radius 2 is 2.05 bits per heavy atom. The van der Waals surface area contributed by atoms with Crippen LogP contribution in [0.2, 0.25) is 0 Å². The molecule has 0 fully saturated rings. The molecule has 1 aromatic carbocycles. The van der Waals surface area contributed by atoms with Crippen LogP contribution in [-0.2, 0) is 13.6 Å². The first-order chi connectivity index (χ1) is 10.1. The van der Waals surface area contributed by atoms with Gasteiger partial charge in [0.05, 0.1) is 24.0 Å². The third kappa shape index (κ3) is 2.67. The van der Waals surface area contributed by atoms with Crippen molar-refractivity contribution in [2.75, 3.05) is 24.3 Å². The van der Waals surface area contributed by atoms with Gasteiger partial charge in [0.15, 0.2) is 0 Å². The number of nitrogens with zero attached hydrogens (tertiary/aromatic N) is 4. The van der Waals surface area contributed by atoms with Gasteiger partial charge in [-0.25, -0.2) is 4.98 Å². The van der Waals surface area contributed by atoms with E-state index in [4.69, 9.17) is 0 Å². The summed E-state index contributed by atoms with van der Waals surface area (Å²) in [6.45, 7) is 0.739. The molecule has 0 saturated carbocycles. The fourth-order valence-electron chi connectivity index (χ4n) is 2.39. The Hall–Kier alpha value is -2.56. The maximum absolute atomic E-state index is 4.42. The van der Waals surface area contributed by atoms with E-state index >= 15 is 0 Å². The van der Waals surface area contributed by atoms with Gasteiger partial charge in [0.25, 0.3) is 0 Å². The van der Waals surface area contributed by atoms with Crippen LogP contribution in [0.4, 0.5) is 11.6 Å².